The number of aryl methyl sites for hydroxylation is 2. The summed E-state index contributed by atoms with van der Waals surface area (Å²) in [4.78, 5) is 28.6. The van der Waals surface area contributed by atoms with Crippen LogP contribution in [0.15, 0.2) is 36.9 Å². The smallest absolute Gasteiger partial charge is 0.336 e. The molecule has 0 aromatic carbocycles. The molecule has 2 aromatic rings. The topological polar surface area (TPSA) is 97.2 Å². The highest BCUT2D eigenvalue weighted by Crippen LogP contribution is 2.07. The predicted octanol–water partition coefficient (Wildman–Crippen LogP) is 3.90. The number of carboxylic acids is 1. The zero-order chi connectivity index (χ0) is 18.7. The summed E-state index contributed by atoms with van der Waals surface area (Å²) >= 11 is 5.24. The molecular formula is C14H13Cl3N2O4S. The minimum absolute atomic E-state index is 0.315. The van der Waals surface area contributed by atoms with Crippen molar-refractivity contribution in [1.29, 1.82) is 0 Å². The molecule has 0 saturated heterocycles. The quantitative estimate of drug-likeness (QED) is 0.753. The lowest BCUT2D eigenvalue weighted by Gasteiger charge is -1.95. The fourth-order valence-electron chi connectivity index (χ4n) is 1.41. The molecule has 10 heteroatoms. The molecule has 2 aromatic heterocycles. The molecule has 2 rings (SSSR count). The van der Waals surface area contributed by atoms with Gasteiger partial charge in [0.1, 0.15) is 0 Å². The fourth-order valence-corrected chi connectivity index (χ4v) is 1.62. The first kappa shape index (κ1) is 22.5. The van der Waals surface area contributed by atoms with E-state index in [4.69, 9.17) is 20.9 Å². The summed E-state index contributed by atoms with van der Waals surface area (Å²) < 4.78 is 9.09. The van der Waals surface area contributed by atoms with Gasteiger partial charge in [0.05, 0.1) is 5.56 Å². The maximum atomic E-state index is 10.6. The SMILES string of the molecule is Cc1cnccc1C(=O)Cl.Cc1cnccc1C(=O)O.O=S(Cl)Cl. The van der Waals surface area contributed by atoms with Crippen molar-refractivity contribution in [1.82, 2.24) is 9.97 Å². The summed E-state index contributed by atoms with van der Waals surface area (Å²) in [7, 11) is 7.36. The lowest BCUT2D eigenvalue weighted by molar-refractivity contribution is 0.0695. The van der Waals surface area contributed by atoms with Gasteiger partial charge in [0.15, 0.2) is 0 Å². The molecule has 0 aliphatic carbocycles. The summed E-state index contributed by atoms with van der Waals surface area (Å²) in [6.45, 7) is 3.51. The molecule has 1 N–H and O–H groups in total. The molecule has 0 saturated carbocycles. The summed E-state index contributed by atoms with van der Waals surface area (Å²) in [6, 6.07) is 3.09. The molecule has 6 nitrogen and oxygen atoms in total. The third kappa shape index (κ3) is 9.57. The Morgan fingerprint density at radius 3 is 1.58 bits per heavy atom. The van der Waals surface area contributed by atoms with Crippen LogP contribution in [0.5, 0.6) is 0 Å². The third-order valence-corrected chi connectivity index (χ3v) is 2.69. The molecule has 0 aliphatic rings. The van der Waals surface area contributed by atoms with E-state index in [1.165, 1.54) is 18.5 Å². The Bertz CT molecular complexity index is 669. The van der Waals surface area contributed by atoms with E-state index in [-0.39, 0.29) is 0 Å². The van der Waals surface area contributed by atoms with Crippen LogP contribution in [0.3, 0.4) is 0 Å². The standard InChI is InChI=1S/C7H6ClNO.C7H7NO2.Cl2OS/c1-5-4-9-3-2-6(5)7(8)10;1-5-4-8-3-2-6(5)7(9)10;1-4(2)3/h2-4H,1H3;2-4H,1H3,(H,9,10);. The van der Waals surface area contributed by atoms with Gasteiger partial charge in [0, 0.05) is 51.7 Å². The highest BCUT2D eigenvalue weighted by atomic mass is 36.0. The van der Waals surface area contributed by atoms with Gasteiger partial charge in [-0.25, -0.2) is 9.00 Å². The minimum atomic E-state index is -1.67. The molecule has 0 bridgehead atoms. The van der Waals surface area contributed by atoms with Gasteiger partial charge in [0.2, 0.25) is 9.23 Å². The molecule has 24 heavy (non-hydrogen) atoms. The van der Waals surface area contributed by atoms with E-state index in [0.717, 1.165) is 5.56 Å². The monoisotopic (exact) mass is 410 g/mol. The van der Waals surface area contributed by atoms with Gasteiger partial charge in [-0.1, -0.05) is 0 Å². The van der Waals surface area contributed by atoms with Crippen LogP contribution in [0.1, 0.15) is 31.8 Å². The van der Waals surface area contributed by atoms with Crippen LogP contribution >= 0.6 is 33.0 Å². The van der Waals surface area contributed by atoms with Crippen molar-refractivity contribution in [3.63, 3.8) is 0 Å². The van der Waals surface area contributed by atoms with Crippen LogP contribution < -0.4 is 0 Å². The molecule has 0 unspecified atom stereocenters. The van der Waals surface area contributed by atoms with Crippen molar-refractivity contribution in [3.05, 3.63) is 59.2 Å². The Labute approximate surface area is 155 Å². The van der Waals surface area contributed by atoms with E-state index in [9.17, 15) is 9.59 Å². The second-order valence-electron chi connectivity index (χ2n) is 4.14. The van der Waals surface area contributed by atoms with Gasteiger partial charge < -0.3 is 5.11 Å². The number of nitrogens with zero attached hydrogens (tertiary/aromatic N) is 2. The Hall–Kier alpha value is -1.54. The molecule has 0 aliphatic heterocycles. The van der Waals surface area contributed by atoms with Crippen molar-refractivity contribution in [2.75, 3.05) is 0 Å². The number of carboxylic acid groups (broad SMARTS) is 1. The van der Waals surface area contributed by atoms with Crippen molar-refractivity contribution < 1.29 is 18.9 Å². The van der Waals surface area contributed by atoms with Crippen LogP contribution in [0.4, 0.5) is 0 Å². The van der Waals surface area contributed by atoms with Crippen LogP contribution in [0, 0.1) is 13.8 Å². The van der Waals surface area contributed by atoms with Crippen molar-refractivity contribution in [2.24, 2.45) is 0 Å². The van der Waals surface area contributed by atoms with Gasteiger partial charge in [-0.05, 0) is 48.7 Å². The zero-order valence-corrected chi connectivity index (χ0v) is 15.7. The summed E-state index contributed by atoms with van der Waals surface area (Å²) in [5.41, 5.74) is 2.34. The first-order valence-electron chi connectivity index (χ1n) is 6.15. The Balaban J connectivity index is 0.000000363. The van der Waals surface area contributed by atoms with Gasteiger partial charge >= 0.3 is 5.97 Å². The van der Waals surface area contributed by atoms with Crippen LogP contribution in [-0.4, -0.2) is 30.5 Å². The average molecular weight is 412 g/mol. The minimum Gasteiger partial charge on any atom is -0.478 e. The summed E-state index contributed by atoms with van der Waals surface area (Å²) in [6.07, 6.45) is 6.15. The molecule has 130 valence electrons. The van der Waals surface area contributed by atoms with Crippen LogP contribution in [0.25, 0.3) is 0 Å². The highest BCUT2D eigenvalue weighted by molar-refractivity contribution is 8.26. The molecule has 0 amide bonds. The second kappa shape index (κ2) is 11.9. The van der Waals surface area contributed by atoms with E-state index < -0.39 is 20.4 Å². The first-order chi connectivity index (χ1) is 11.2. The summed E-state index contributed by atoms with van der Waals surface area (Å²) in [5.74, 6) is -0.903. The zero-order valence-electron chi connectivity index (χ0n) is 12.6. The summed E-state index contributed by atoms with van der Waals surface area (Å²) in [5, 5.41) is 8.11. The van der Waals surface area contributed by atoms with Gasteiger partial charge in [-0.15, -0.1) is 0 Å². The van der Waals surface area contributed by atoms with E-state index in [0.29, 0.717) is 16.7 Å². The molecular weight excluding hydrogens is 399 g/mol. The average Bonchev–Trinajstić information content (AvgIpc) is 2.47. The number of aromatic nitrogens is 2. The number of carbonyl (C=O) groups is 2. The normalized spacial score (nSPS) is 9.25. The second-order valence-corrected chi connectivity index (χ2v) is 7.01. The first-order valence-corrected chi connectivity index (χ1v) is 9.33. The number of hydrogen-bond donors (Lipinski definition) is 1. The van der Waals surface area contributed by atoms with Gasteiger partial charge in [0.25, 0.3) is 5.24 Å². The van der Waals surface area contributed by atoms with Crippen LogP contribution in [0.2, 0.25) is 0 Å². The lowest BCUT2D eigenvalue weighted by atomic mass is 10.2. The van der Waals surface area contributed by atoms with E-state index in [2.05, 4.69) is 31.3 Å². The number of rotatable bonds is 2. The van der Waals surface area contributed by atoms with Crippen molar-refractivity contribution >= 4 is 53.4 Å². The van der Waals surface area contributed by atoms with E-state index in [1.807, 2.05) is 0 Å². The Kier molecular flexibility index (Phi) is 11.1. The van der Waals surface area contributed by atoms with Crippen molar-refractivity contribution in [3.8, 4) is 0 Å². The Morgan fingerprint density at radius 1 is 1.00 bits per heavy atom. The number of hydrogen-bond acceptors (Lipinski definition) is 5. The molecule has 0 spiro atoms. The number of pyridine rings is 2. The maximum Gasteiger partial charge on any atom is 0.336 e. The molecule has 0 atom stereocenters. The van der Waals surface area contributed by atoms with Gasteiger partial charge in [-0.3, -0.25) is 14.8 Å². The molecule has 0 radical (unpaired) electrons. The lowest BCUT2D eigenvalue weighted by Crippen LogP contribution is -1.98. The third-order valence-electron chi connectivity index (χ3n) is 2.48. The number of aromatic carboxylic acids is 1. The number of halogens is 3. The van der Waals surface area contributed by atoms with Crippen LogP contribution in [-0.2, 0) is 9.23 Å². The molecule has 2 heterocycles. The maximum absolute atomic E-state index is 10.6. The fraction of sp³-hybridized carbons (Fsp3) is 0.143. The number of carbonyl (C=O) groups excluding carboxylic acids is 1. The van der Waals surface area contributed by atoms with E-state index >= 15 is 0 Å². The molecule has 0 fully saturated rings. The van der Waals surface area contributed by atoms with Crippen molar-refractivity contribution in [2.45, 2.75) is 13.8 Å². The highest BCUT2D eigenvalue weighted by Gasteiger charge is 2.04. The largest absolute Gasteiger partial charge is 0.478 e. The van der Waals surface area contributed by atoms with Gasteiger partial charge in [-0.2, -0.15) is 0 Å². The Morgan fingerprint density at radius 2 is 1.38 bits per heavy atom. The predicted molar refractivity (Wildman–Crippen MR) is 94.9 cm³/mol. The van der Waals surface area contributed by atoms with E-state index in [1.54, 1.807) is 32.3 Å².